The van der Waals surface area contributed by atoms with Gasteiger partial charge in [-0.05, 0) is 19.1 Å². The van der Waals surface area contributed by atoms with Gasteiger partial charge in [-0.3, -0.25) is 15.0 Å². The maximum atomic E-state index is 11.5. The Kier molecular flexibility index (Phi) is 5.41. The Morgan fingerprint density at radius 3 is 2.72 bits per heavy atom. The third-order valence-electron chi connectivity index (χ3n) is 2.11. The number of hydrazine groups is 1. The average Bonchev–Trinajstić information content (AvgIpc) is 2.36. The molecular weight excluding hydrogens is 258 g/mol. The van der Waals surface area contributed by atoms with E-state index in [9.17, 15) is 9.59 Å². The summed E-state index contributed by atoms with van der Waals surface area (Å²) in [5.74, 6) is 4.42. The maximum Gasteiger partial charge on any atom is 0.258 e. The van der Waals surface area contributed by atoms with Gasteiger partial charge in [-0.1, -0.05) is 23.7 Å². The monoisotopic (exact) mass is 271 g/mol. The summed E-state index contributed by atoms with van der Waals surface area (Å²) in [7, 11) is 0. The zero-order chi connectivity index (χ0) is 13.5. The third kappa shape index (κ3) is 4.23. The van der Waals surface area contributed by atoms with Crippen molar-refractivity contribution >= 4 is 23.4 Å². The molecule has 1 aromatic rings. The summed E-state index contributed by atoms with van der Waals surface area (Å²) >= 11 is 5.85. The lowest BCUT2D eigenvalue weighted by molar-refractivity contribution is -0.129. The quantitative estimate of drug-likeness (QED) is 0.405. The molecule has 0 aliphatic heterocycles. The Hall–Kier alpha value is -1.79. The second kappa shape index (κ2) is 6.83. The Morgan fingerprint density at radius 2 is 2.11 bits per heavy atom. The van der Waals surface area contributed by atoms with Crippen LogP contribution < -0.4 is 21.3 Å². The zero-order valence-electron chi connectivity index (χ0n) is 9.77. The van der Waals surface area contributed by atoms with Gasteiger partial charge in [0.15, 0.2) is 6.61 Å². The standard InChI is InChI=1S/C11H14ClN3O3/c1-7(11(17)15-13)14-10(16)6-18-9-5-3-2-4-8(9)12/h2-5,7H,6,13H2,1H3,(H,14,16)(H,15,17)/t7-/m0/s1. The van der Waals surface area contributed by atoms with Crippen molar-refractivity contribution in [1.82, 2.24) is 10.7 Å². The Balaban J connectivity index is 2.43. The fraction of sp³-hybridized carbons (Fsp3) is 0.273. The van der Waals surface area contributed by atoms with Gasteiger partial charge in [0.1, 0.15) is 11.8 Å². The number of nitrogens with one attached hydrogen (secondary N) is 2. The predicted molar refractivity (Wildman–Crippen MR) is 66.9 cm³/mol. The van der Waals surface area contributed by atoms with Crippen molar-refractivity contribution in [3.8, 4) is 5.75 Å². The highest BCUT2D eigenvalue weighted by Crippen LogP contribution is 2.22. The minimum absolute atomic E-state index is 0.230. The van der Waals surface area contributed by atoms with Gasteiger partial charge in [-0.2, -0.15) is 0 Å². The molecule has 0 saturated carbocycles. The lowest BCUT2D eigenvalue weighted by atomic mass is 10.3. The summed E-state index contributed by atoms with van der Waals surface area (Å²) < 4.78 is 5.21. The highest BCUT2D eigenvalue weighted by Gasteiger charge is 2.14. The minimum Gasteiger partial charge on any atom is -0.482 e. The summed E-state index contributed by atoms with van der Waals surface area (Å²) in [5, 5.41) is 2.84. The predicted octanol–water partition coefficient (Wildman–Crippen LogP) is 0.213. The average molecular weight is 272 g/mol. The van der Waals surface area contributed by atoms with Gasteiger partial charge in [0, 0.05) is 0 Å². The van der Waals surface area contributed by atoms with Crippen LogP contribution in [0.5, 0.6) is 5.75 Å². The molecule has 2 amide bonds. The molecule has 98 valence electrons. The summed E-state index contributed by atoms with van der Waals surface area (Å²) in [5.41, 5.74) is 1.94. The normalized spacial score (nSPS) is 11.5. The number of amides is 2. The molecule has 0 aliphatic carbocycles. The Morgan fingerprint density at radius 1 is 1.44 bits per heavy atom. The molecule has 6 nitrogen and oxygen atoms in total. The topological polar surface area (TPSA) is 93.4 Å². The van der Waals surface area contributed by atoms with E-state index in [0.717, 1.165) is 0 Å². The van der Waals surface area contributed by atoms with E-state index in [1.54, 1.807) is 24.3 Å². The molecule has 0 saturated heterocycles. The molecule has 0 heterocycles. The number of halogens is 1. The van der Waals surface area contributed by atoms with Crippen molar-refractivity contribution in [2.75, 3.05) is 6.61 Å². The van der Waals surface area contributed by atoms with E-state index in [4.69, 9.17) is 22.2 Å². The smallest absolute Gasteiger partial charge is 0.258 e. The SMILES string of the molecule is C[C@H](NC(=O)COc1ccccc1Cl)C(=O)NN. The first-order valence-corrected chi connectivity index (χ1v) is 5.59. The van der Waals surface area contributed by atoms with Crippen molar-refractivity contribution in [3.63, 3.8) is 0 Å². The van der Waals surface area contributed by atoms with Crippen molar-refractivity contribution < 1.29 is 14.3 Å². The molecule has 7 heteroatoms. The van der Waals surface area contributed by atoms with Crippen LogP contribution in [0.2, 0.25) is 5.02 Å². The number of para-hydroxylation sites is 1. The number of rotatable bonds is 5. The second-order valence-corrected chi connectivity index (χ2v) is 3.92. The Bertz CT molecular complexity index is 439. The summed E-state index contributed by atoms with van der Waals surface area (Å²) in [4.78, 5) is 22.5. The first kappa shape index (κ1) is 14.3. The minimum atomic E-state index is -0.725. The van der Waals surface area contributed by atoms with Crippen LogP contribution in [0.15, 0.2) is 24.3 Å². The molecule has 4 N–H and O–H groups in total. The van der Waals surface area contributed by atoms with E-state index in [2.05, 4.69) is 5.32 Å². The highest BCUT2D eigenvalue weighted by molar-refractivity contribution is 6.32. The van der Waals surface area contributed by atoms with Crippen molar-refractivity contribution in [1.29, 1.82) is 0 Å². The van der Waals surface area contributed by atoms with Crippen LogP contribution >= 0.6 is 11.6 Å². The van der Waals surface area contributed by atoms with Crippen molar-refractivity contribution in [2.45, 2.75) is 13.0 Å². The van der Waals surface area contributed by atoms with Gasteiger partial charge in [0.05, 0.1) is 5.02 Å². The van der Waals surface area contributed by atoms with Gasteiger partial charge in [-0.25, -0.2) is 5.84 Å². The Labute approximate surface area is 109 Å². The summed E-state index contributed by atoms with van der Waals surface area (Å²) in [6, 6.07) is 6.06. The molecule has 18 heavy (non-hydrogen) atoms. The van der Waals surface area contributed by atoms with Gasteiger partial charge in [0.25, 0.3) is 11.8 Å². The number of carbonyl (C=O) groups excluding carboxylic acids is 2. The molecule has 1 aromatic carbocycles. The van der Waals surface area contributed by atoms with Crippen LogP contribution in [0.1, 0.15) is 6.92 Å². The van der Waals surface area contributed by atoms with Crippen LogP contribution in [0, 0.1) is 0 Å². The summed E-state index contributed by atoms with van der Waals surface area (Å²) in [6.07, 6.45) is 0. The van der Waals surface area contributed by atoms with Crippen LogP contribution in [-0.4, -0.2) is 24.5 Å². The lowest BCUT2D eigenvalue weighted by Gasteiger charge is -2.12. The fourth-order valence-corrected chi connectivity index (χ4v) is 1.37. The van der Waals surface area contributed by atoms with Crippen molar-refractivity contribution in [2.24, 2.45) is 5.84 Å². The molecule has 0 spiro atoms. The van der Waals surface area contributed by atoms with E-state index in [-0.39, 0.29) is 6.61 Å². The van der Waals surface area contributed by atoms with E-state index < -0.39 is 17.9 Å². The van der Waals surface area contributed by atoms with E-state index in [1.807, 2.05) is 5.43 Å². The number of hydrogen-bond acceptors (Lipinski definition) is 4. The first-order valence-electron chi connectivity index (χ1n) is 5.21. The third-order valence-corrected chi connectivity index (χ3v) is 2.42. The first-order chi connectivity index (χ1) is 8.54. The molecular formula is C11H14ClN3O3. The lowest BCUT2D eigenvalue weighted by Crippen LogP contribution is -2.48. The molecule has 0 unspecified atom stereocenters. The molecule has 1 rings (SSSR count). The zero-order valence-corrected chi connectivity index (χ0v) is 10.5. The van der Waals surface area contributed by atoms with Crippen LogP contribution in [0.25, 0.3) is 0 Å². The number of carbonyl (C=O) groups is 2. The van der Waals surface area contributed by atoms with E-state index >= 15 is 0 Å². The fourth-order valence-electron chi connectivity index (χ4n) is 1.18. The summed E-state index contributed by atoms with van der Waals surface area (Å²) in [6.45, 7) is 1.28. The maximum absolute atomic E-state index is 11.5. The van der Waals surface area contributed by atoms with Gasteiger partial charge in [0.2, 0.25) is 0 Å². The highest BCUT2D eigenvalue weighted by atomic mass is 35.5. The number of hydrogen-bond donors (Lipinski definition) is 3. The molecule has 0 bridgehead atoms. The molecule has 0 radical (unpaired) electrons. The van der Waals surface area contributed by atoms with Gasteiger partial charge in [-0.15, -0.1) is 0 Å². The van der Waals surface area contributed by atoms with Gasteiger partial charge < -0.3 is 10.1 Å². The second-order valence-electron chi connectivity index (χ2n) is 3.52. The van der Waals surface area contributed by atoms with Gasteiger partial charge >= 0.3 is 0 Å². The number of ether oxygens (including phenoxy) is 1. The van der Waals surface area contributed by atoms with Crippen LogP contribution in [0.3, 0.4) is 0 Å². The van der Waals surface area contributed by atoms with Crippen molar-refractivity contribution in [3.05, 3.63) is 29.3 Å². The van der Waals surface area contributed by atoms with E-state index in [1.165, 1.54) is 6.92 Å². The number of benzene rings is 1. The molecule has 1 atom stereocenters. The van der Waals surface area contributed by atoms with Crippen LogP contribution in [-0.2, 0) is 9.59 Å². The largest absolute Gasteiger partial charge is 0.482 e. The number of nitrogens with two attached hydrogens (primary N) is 1. The molecule has 0 fully saturated rings. The molecule has 0 aliphatic rings. The van der Waals surface area contributed by atoms with Crippen LogP contribution in [0.4, 0.5) is 0 Å². The van der Waals surface area contributed by atoms with E-state index in [0.29, 0.717) is 10.8 Å². The molecule has 0 aromatic heterocycles.